The van der Waals surface area contributed by atoms with Gasteiger partial charge in [-0.1, -0.05) is 218 Å². The Bertz CT molecular complexity index is 1190. The van der Waals surface area contributed by atoms with E-state index in [2.05, 4.69) is 38.2 Å². The van der Waals surface area contributed by atoms with Gasteiger partial charge >= 0.3 is 13.8 Å². The lowest BCUT2D eigenvalue weighted by Crippen LogP contribution is -2.64. The Hall–Kier alpha value is -1.18. The van der Waals surface area contributed by atoms with Gasteiger partial charge in [-0.05, 0) is 44.9 Å². The van der Waals surface area contributed by atoms with Crippen LogP contribution in [0.1, 0.15) is 245 Å². The van der Waals surface area contributed by atoms with Gasteiger partial charge in [-0.15, -0.1) is 0 Å². The third-order valence-corrected chi connectivity index (χ3v) is 13.8. The van der Waals surface area contributed by atoms with Crippen LogP contribution in [0, 0.1) is 0 Å². The Morgan fingerprint density at radius 1 is 0.485 bits per heavy atom. The van der Waals surface area contributed by atoms with Gasteiger partial charge < -0.3 is 39.9 Å². The number of ether oxygens (including phenoxy) is 2. The minimum absolute atomic E-state index is 0.0778. The van der Waals surface area contributed by atoms with Gasteiger partial charge in [-0.3, -0.25) is 13.8 Å². The number of unbranched alkanes of at least 4 members (excludes halogenated alkanes) is 31. The summed E-state index contributed by atoms with van der Waals surface area (Å²) in [5, 5.41) is 50.3. The SMILES string of the molecule is CCCCC/C=C\C/C=C\CCCCCCCC(=O)OC(COCCCCCCCCCCCCCCCCCCCCCCCCCC)COP(=O)(O)OC1C(O)C(O)C(O)C(O)C1O. The molecule has 0 spiro atoms. The summed E-state index contributed by atoms with van der Waals surface area (Å²) in [6.07, 6.45) is 39.7. The Balaban J connectivity index is 2.27. The predicted molar refractivity (Wildman–Crippen MR) is 267 cm³/mol. The zero-order valence-corrected chi connectivity index (χ0v) is 42.9. The fourth-order valence-electron chi connectivity index (χ4n) is 8.51. The maximum absolute atomic E-state index is 12.9. The summed E-state index contributed by atoms with van der Waals surface area (Å²) in [6.45, 7) is 4.26. The highest BCUT2D eigenvalue weighted by Crippen LogP contribution is 2.47. The lowest BCUT2D eigenvalue weighted by Gasteiger charge is -2.41. The summed E-state index contributed by atoms with van der Waals surface area (Å²) in [7, 11) is -5.02. The van der Waals surface area contributed by atoms with Gasteiger partial charge in [0, 0.05) is 13.0 Å². The minimum atomic E-state index is -5.02. The number of hydrogen-bond donors (Lipinski definition) is 6. The average Bonchev–Trinajstić information content (AvgIpc) is 3.30. The highest BCUT2D eigenvalue weighted by molar-refractivity contribution is 7.47. The van der Waals surface area contributed by atoms with Crippen molar-refractivity contribution in [2.75, 3.05) is 19.8 Å². The normalized spacial score (nSPS) is 21.5. The zero-order chi connectivity index (χ0) is 48.4. The van der Waals surface area contributed by atoms with Crippen LogP contribution in [0.15, 0.2) is 24.3 Å². The Morgan fingerprint density at radius 3 is 1.30 bits per heavy atom. The summed E-state index contributed by atoms with van der Waals surface area (Å²) < 4.78 is 34.3. The predicted octanol–water partition coefficient (Wildman–Crippen LogP) is 12.4. The first-order valence-electron chi connectivity index (χ1n) is 27.2. The summed E-state index contributed by atoms with van der Waals surface area (Å²) in [5.74, 6) is -0.486. The molecule has 0 aromatic heterocycles. The molecule has 0 amide bonds. The molecule has 0 radical (unpaired) electrons. The number of rotatable bonds is 47. The van der Waals surface area contributed by atoms with Crippen LogP contribution in [-0.2, 0) is 27.9 Å². The maximum Gasteiger partial charge on any atom is 0.472 e. The second kappa shape index (κ2) is 43.8. The first-order valence-corrected chi connectivity index (χ1v) is 28.7. The Kier molecular flexibility index (Phi) is 41.7. The molecule has 0 aliphatic heterocycles. The van der Waals surface area contributed by atoms with Gasteiger partial charge in [-0.25, -0.2) is 4.57 Å². The molecule has 1 saturated carbocycles. The highest BCUT2D eigenvalue weighted by Gasteiger charge is 2.51. The topological polar surface area (TPSA) is 192 Å². The van der Waals surface area contributed by atoms with E-state index in [1.807, 2.05) is 0 Å². The molecule has 1 aliphatic rings. The van der Waals surface area contributed by atoms with Gasteiger partial charge in [0.05, 0.1) is 13.2 Å². The third kappa shape index (κ3) is 35.0. The molecule has 0 aromatic rings. The molecule has 6 unspecified atom stereocenters. The van der Waals surface area contributed by atoms with Crippen LogP contribution >= 0.6 is 7.82 Å². The maximum atomic E-state index is 12.9. The quantitative estimate of drug-likeness (QED) is 0.0147. The Morgan fingerprint density at radius 2 is 0.848 bits per heavy atom. The van der Waals surface area contributed by atoms with Gasteiger partial charge in [0.25, 0.3) is 0 Å². The number of aliphatic hydroxyl groups is 5. The molecule has 0 heterocycles. The highest BCUT2D eigenvalue weighted by atomic mass is 31.2. The molecule has 1 rings (SSSR count). The molecule has 6 N–H and O–H groups in total. The van der Waals surface area contributed by atoms with E-state index in [1.165, 1.54) is 154 Å². The van der Waals surface area contributed by atoms with Gasteiger partial charge in [-0.2, -0.15) is 0 Å². The number of allylic oxidation sites excluding steroid dienone is 4. The van der Waals surface area contributed by atoms with Crippen LogP contribution in [0.3, 0.4) is 0 Å². The summed E-state index contributed by atoms with van der Waals surface area (Å²) in [6, 6.07) is 0. The summed E-state index contributed by atoms with van der Waals surface area (Å²) in [5.41, 5.74) is 0. The van der Waals surface area contributed by atoms with E-state index in [0.717, 1.165) is 64.2 Å². The number of phosphoric acid groups is 1. The monoisotopic (exact) mass is 961 g/mol. The number of carbonyl (C=O) groups excluding carboxylic acids is 1. The average molecular weight is 961 g/mol. The van der Waals surface area contributed by atoms with Gasteiger partial charge in [0.2, 0.25) is 0 Å². The van der Waals surface area contributed by atoms with Crippen LogP contribution in [0.2, 0.25) is 0 Å². The summed E-state index contributed by atoms with van der Waals surface area (Å²) >= 11 is 0. The molecular formula is C53H101O12P. The first-order chi connectivity index (χ1) is 32.0. The standard InChI is InChI=1S/C53H101O12P/c1-3-5-7-9-11-13-15-17-19-20-21-22-23-24-25-26-27-29-31-33-35-37-39-41-43-62-44-46(45-63-66(60,61)65-53-51(58)49(56)48(55)50(57)52(53)59)64-47(54)42-40-38-36-34-32-30-28-18-16-14-12-10-8-6-4-2/h12,14,18,28,46,48-53,55-59H,3-11,13,15-17,19-27,29-45H2,1-2H3,(H,60,61)/b14-12-,28-18-. The van der Waals surface area contributed by atoms with Crippen LogP contribution in [0.5, 0.6) is 0 Å². The van der Waals surface area contributed by atoms with E-state index in [1.54, 1.807) is 0 Å². The number of carbonyl (C=O) groups is 1. The number of esters is 1. The first kappa shape index (κ1) is 62.8. The van der Waals surface area contributed by atoms with Crippen molar-refractivity contribution in [3.05, 3.63) is 24.3 Å². The molecule has 390 valence electrons. The molecule has 1 fully saturated rings. The van der Waals surface area contributed by atoms with Crippen LogP contribution in [-0.4, -0.2) is 98.9 Å². The molecule has 1 aliphatic carbocycles. The van der Waals surface area contributed by atoms with E-state index in [9.17, 15) is 39.8 Å². The fraction of sp³-hybridized carbons (Fsp3) is 0.906. The minimum Gasteiger partial charge on any atom is -0.457 e. The number of aliphatic hydroxyl groups excluding tert-OH is 5. The van der Waals surface area contributed by atoms with Gasteiger partial charge in [0.15, 0.2) is 0 Å². The second-order valence-corrected chi connectivity index (χ2v) is 20.5. The van der Waals surface area contributed by atoms with Crippen molar-refractivity contribution in [1.82, 2.24) is 0 Å². The lowest BCUT2D eigenvalue weighted by atomic mass is 9.85. The lowest BCUT2D eigenvalue weighted by molar-refractivity contribution is -0.220. The Labute approximate surface area is 402 Å². The van der Waals surface area contributed by atoms with E-state index in [-0.39, 0.29) is 13.0 Å². The van der Waals surface area contributed by atoms with Crippen molar-refractivity contribution in [2.24, 2.45) is 0 Å². The molecule has 13 heteroatoms. The largest absolute Gasteiger partial charge is 0.472 e. The molecular weight excluding hydrogens is 860 g/mol. The van der Waals surface area contributed by atoms with Crippen LogP contribution in [0.25, 0.3) is 0 Å². The van der Waals surface area contributed by atoms with E-state index in [4.69, 9.17) is 18.5 Å². The smallest absolute Gasteiger partial charge is 0.457 e. The third-order valence-electron chi connectivity index (χ3n) is 12.8. The van der Waals surface area contributed by atoms with E-state index < -0.39 is 63.1 Å². The van der Waals surface area contributed by atoms with Crippen molar-refractivity contribution in [3.63, 3.8) is 0 Å². The molecule has 0 bridgehead atoms. The van der Waals surface area contributed by atoms with E-state index >= 15 is 0 Å². The number of phosphoric ester groups is 1. The summed E-state index contributed by atoms with van der Waals surface area (Å²) in [4.78, 5) is 23.2. The van der Waals surface area contributed by atoms with Crippen molar-refractivity contribution >= 4 is 13.8 Å². The fourth-order valence-corrected chi connectivity index (χ4v) is 9.48. The molecule has 12 nitrogen and oxygen atoms in total. The van der Waals surface area contributed by atoms with E-state index in [0.29, 0.717) is 13.0 Å². The van der Waals surface area contributed by atoms with Crippen molar-refractivity contribution in [3.8, 4) is 0 Å². The molecule has 6 atom stereocenters. The number of hydrogen-bond acceptors (Lipinski definition) is 11. The van der Waals surface area contributed by atoms with Crippen molar-refractivity contribution in [2.45, 2.75) is 288 Å². The second-order valence-electron chi connectivity index (χ2n) is 19.1. The van der Waals surface area contributed by atoms with Crippen LogP contribution in [0.4, 0.5) is 0 Å². The van der Waals surface area contributed by atoms with Crippen molar-refractivity contribution in [1.29, 1.82) is 0 Å². The molecule has 66 heavy (non-hydrogen) atoms. The van der Waals surface area contributed by atoms with Crippen molar-refractivity contribution < 1.29 is 58.3 Å². The van der Waals surface area contributed by atoms with Crippen LogP contribution < -0.4 is 0 Å². The zero-order valence-electron chi connectivity index (χ0n) is 42.0. The molecule has 0 aromatic carbocycles. The molecule has 0 saturated heterocycles. The van der Waals surface area contributed by atoms with Gasteiger partial charge in [0.1, 0.15) is 42.7 Å².